The van der Waals surface area contributed by atoms with E-state index in [0.717, 1.165) is 26.9 Å². The summed E-state index contributed by atoms with van der Waals surface area (Å²) in [6.07, 6.45) is 0. The molecule has 1 heterocycles. The summed E-state index contributed by atoms with van der Waals surface area (Å²) in [5.41, 5.74) is 4.57. The molecular formula is C21H17BrN2. The Kier molecular flexibility index (Phi) is 3.95. The largest absolute Gasteiger partial charge is 0.317 e. The first kappa shape index (κ1) is 15.2. The lowest BCUT2D eigenvalue weighted by atomic mass is 10.1. The zero-order valence-electron chi connectivity index (χ0n) is 13.4. The van der Waals surface area contributed by atoms with Crippen LogP contribution in [0.15, 0.2) is 83.3 Å². The fourth-order valence-electron chi connectivity index (χ4n) is 3.15. The van der Waals surface area contributed by atoms with E-state index >= 15 is 0 Å². The predicted octanol–water partition coefficient (Wildman–Crippen LogP) is 6.08. The van der Waals surface area contributed by atoms with Gasteiger partial charge in [-0.15, -0.1) is 0 Å². The number of para-hydroxylation sites is 2. The van der Waals surface area contributed by atoms with Crippen molar-refractivity contribution in [1.29, 1.82) is 0 Å². The minimum atomic E-state index is 0.201. The van der Waals surface area contributed by atoms with Gasteiger partial charge in [0.15, 0.2) is 0 Å². The lowest BCUT2D eigenvalue weighted by Crippen LogP contribution is -2.08. The van der Waals surface area contributed by atoms with Crippen LogP contribution in [0.5, 0.6) is 0 Å². The summed E-state index contributed by atoms with van der Waals surface area (Å²) in [6, 6.07) is 27.4. The molecule has 0 bridgehead atoms. The molecule has 0 aliphatic rings. The summed E-state index contributed by atoms with van der Waals surface area (Å²) in [5, 5.41) is 0. The maximum absolute atomic E-state index is 4.91. The summed E-state index contributed by atoms with van der Waals surface area (Å²) in [7, 11) is 0. The van der Waals surface area contributed by atoms with Crippen molar-refractivity contribution in [2.45, 2.75) is 13.0 Å². The van der Waals surface area contributed by atoms with Crippen molar-refractivity contribution in [3.63, 3.8) is 0 Å². The molecule has 1 aromatic heterocycles. The average Bonchev–Trinajstić information content (AvgIpc) is 3.01. The molecule has 0 spiro atoms. The molecule has 0 amide bonds. The van der Waals surface area contributed by atoms with Crippen LogP contribution in [-0.4, -0.2) is 9.55 Å². The van der Waals surface area contributed by atoms with E-state index in [1.807, 2.05) is 12.1 Å². The second-order valence-corrected chi connectivity index (χ2v) is 6.81. The number of imidazole rings is 1. The Bertz CT molecular complexity index is 989. The van der Waals surface area contributed by atoms with Crippen LogP contribution in [0.2, 0.25) is 0 Å². The number of benzene rings is 3. The van der Waals surface area contributed by atoms with Gasteiger partial charge in [-0.05, 0) is 36.8 Å². The number of aromatic nitrogens is 2. The van der Waals surface area contributed by atoms with Crippen molar-refractivity contribution in [1.82, 2.24) is 9.55 Å². The SMILES string of the molecule is CC(c1ccccc1)n1c(-c2cccc(Br)c2)nc2ccccc21. The maximum Gasteiger partial charge on any atom is 0.141 e. The smallest absolute Gasteiger partial charge is 0.141 e. The Balaban J connectivity index is 1.97. The second-order valence-electron chi connectivity index (χ2n) is 5.89. The standard InChI is InChI=1S/C21H17BrN2/c1-15(16-8-3-2-4-9-16)24-20-13-6-5-12-19(20)23-21(24)17-10-7-11-18(22)14-17/h2-15H,1H3. The predicted molar refractivity (Wildman–Crippen MR) is 103 cm³/mol. The van der Waals surface area contributed by atoms with Crippen LogP contribution < -0.4 is 0 Å². The molecule has 3 aromatic carbocycles. The van der Waals surface area contributed by atoms with Gasteiger partial charge in [-0.1, -0.05) is 70.5 Å². The molecule has 118 valence electrons. The van der Waals surface area contributed by atoms with Crippen LogP contribution in [0, 0.1) is 0 Å². The molecule has 0 saturated carbocycles. The molecule has 1 unspecified atom stereocenters. The first-order valence-electron chi connectivity index (χ1n) is 8.02. The molecule has 4 rings (SSSR count). The molecule has 0 aliphatic heterocycles. The van der Waals surface area contributed by atoms with Gasteiger partial charge in [-0.3, -0.25) is 0 Å². The van der Waals surface area contributed by atoms with Crippen LogP contribution in [0.25, 0.3) is 22.4 Å². The maximum atomic E-state index is 4.91. The Morgan fingerprint density at radius 3 is 2.42 bits per heavy atom. The molecule has 2 nitrogen and oxygen atoms in total. The lowest BCUT2D eigenvalue weighted by molar-refractivity contribution is 0.665. The minimum absolute atomic E-state index is 0.201. The molecule has 0 radical (unpaired) electrons. The monoisotopic (exact) mass is 376 g/mol. The first-order valence-corrected chi connectivity index (χ1v) is 8.81. The molecule has 1 atom stereocenters. The van der Waals surface area contributed by atoms with E-state index in [4.69, 9.17) is 4.98 Å². The van der Waals surface area contributed by atoms with Crippen molar-refractivity contribution in [3.8, 4) is 11.4 Å². The van der Waals surface area contributed by atoms with E-state index in [-0.39, 0.29) is 6.04 Å². The number of fused-ring (bicyclic) bond motifs is 1. The molecule has 0 saturated heterocycles. The van der Waals surface area contributed by atoms with Gasteiger partial charge in [0, 0.05) is 10.0 Å². The third-order valence-corrected chi connectivity index (χ3v) is 4.84. The number of hydrogen-bond donors (Lipinski definition) is 0. The zero-order chi connectivity index (χ0) is 16.5. The number of hydrogen-bond acceptors (Lipinski definition) is 1. The van der Waals surface area contributed by atoms with Crippen LogP contribution in [-0.2, 0) is 0 Å². The molecule has 0 N–H and O–H groups in total. The molecule has 4 aromatic rings. The van der Waals surface area contributed by atoms with Crippen molar-refractivity contribution >= 4 is 27.0 Å². The average molecular weight is 377 g/mol. The van der Waals surface area contributed by atoms with E-state index in [1.54, 1.807) is 0 Å². The van der Waals surface area contributed by atoms with Crippen molar-refractivity contribution < 1.29 is 0 Å². The van der Waals surface area contributed by atoms with Crippen molar-refractivity contribution in [2.24, 2.45) is 0 Å². The summed E-state index contributed by atoms with van der Waals surface area (Å²) < 4.78 is 3.39. The quantitative estimate of drug-likeness (QED) is 0.423. The molecule has 24 heavy (non-hydrogen) atoms. The van der Waals surface area contributed by atoms with Gasteiger partial charge < -0.3 is 4.57 Å². The van der Waals surface area contributed by atoms with Crippen LogP contribution >= 0.6 is 15.9 Å². The van der Waals surface area contributed by atoms with Gasteiger partial charge in [-0.2, -0.15) is 0 Å². The summed E-state index contributed by atoms with van der Waals surface area (Å²) in [6.45, 7) is 2.23. The summed E-state index contributed by atoms with van der Waals surface area (Å²) >= 11 is 3.57. The highest BCUT2D eigenvalue weighted by Crippen LogP contribution is 2.32. The van der Waals surface area contributed by atoms with Gasteiger partial charge in [-0.25, -0.2) is 4.98 Å². The molecule has 3 heteroatoms. The van der Waals surface area contributed by atoms with Gasteiger partial charge in [0.25, 0.3) is 0 Å². The van der Waals surface area contributed by atoms with E-state index in [0.29, 0.717) is 0 Å². The van der Waals surface area contributed by atoms with E-state index < -0.39 is 0 Å². The third kappa shape index (κ3) is 2.65. The number of rotatable bonds is 3. The second kappa shape index (κ2) is 6.25. The molecule has 0 aliphatic carbocycles. The molecular weight excluding hydrogens is 360 g/mol. The zero-order valence-corrected chi connectivity index (χ0v) is 14.9. The van der Waals surface area contributed by atoms with Crippen molar-refractivity contribution in [2.75, 3.05) is 0 Å². The molecule has 0 fully saturated rings. The fourth-order valence-corrected chi connectivity index (χ4v) is 3.55. The number of nitrogens with zero attached hydrogens (tertiary/aromatic N) is 2. The normalized spacial score (nSPS) is 12.4. The van der Waals surface area contributed by atoms with Crippen LogP contribution in [0.1, 0.15) is 18.5 Å². The Morgan fingerprint density at radius 2 is 1.62 bits per heavy atom. The van der Waals surface area contributed by atoms with Gasteiger partial charge in [0.1, 0.15) is 5.82 Å². The van der Waals surface area contributed by atoms with Crippen LogP contribution in [0.3, 0.4) is 0 Å². The minimum Gasteiger partial charge on any atom is -0.317 e. The Hall–Kier alpha value is -2.39. The Labute approximate surface area is 149 Å². The third-order valence-electron chi connectivity index (χ3n) is 4.35. The Morgan fingerprint density at radius 1 is 0.875 bits per heavy atom. The summed E-state index contributed by atoms with van der Waals surface area (Å²) in [5.74, 6) is 0.994. The highest BCUT2D eigenvalue weighted by molar-refractivity contribution is 9.10. The highest BCUT2D eigenvalue weighted by atomic mass is 79.9. The number of halogens is 1. The van der Waals surface area contributed by atoms with Gasteiger partial charge in [0.05, 0.1) is 17.1 Å². The highest BCUT2D eigenvalue weighted by Gasteiger charge is 2.18. The first-order chi connectivity index (χ1) is 11.7. The fraction of sp³-hybridized carbons (Fsp3) is 0.0952. The van der Waals surface area contributed by atoms with Gasteiger partial charge >= 0.3 is 0 Å². The topological polar surface area (TPSA) is 17.8 Å². The summed E-state index contributed by atoms with van der Waals surface area (Å²) in [4.78, 5) is 4.91. The van der Waals surface area contributed by atoms with E-state index in [1.165, 1.54) is 5.56 Å². The van der Waals surface area contributed by atoms with Crippen LogP contribution in [0.4, 0.5) is 0 Å². The lowest BCUT2D eigenvalue weighted by Gasteiger charge is -2.18. The van der Waals surface area contributed by atoms with Gasteiger partial charge in [0.2, 0.25) is 0 Å². The van der Waals surface area contributed by atoms with E-state index in [9.17, 15) is 0 Å². The van der Waals surface area contributed by atoms with E-state index in [2.05, 4.69) is 94.2 Å². The van der Waals surface area contributed by atoms with Crippen molar-refractivity contribution in [3.05, 3.63) is 88.9 Å².